The van der Waals surface area contributed by atoms with Crippen molar-refractivity contribution in [2.75, 3.05) is 13.2 Å². The van der Waals surface area contributed by atoms with Crippen molar-refractivity contribution in [1.29, 1.82) is 0 Å². The van der Waals surface area contributed by atoms with Gasteiger partial charge in [0, 0.05) is 30.9 Å². The van der Waals surface area contributed by atoms with Crippen molar-refractivity contribution in [3.8, 4) is 5.75 Å². The lowest BCUT2D eigenvalue weighted by Crippen LogP contribution is -2.33. The van der Waals surface area contributed by atoms with Crippen molar-refractivity contribution in [1.82, 2.24) is 19.3 Å². The van der Waals surface area contributed by atoms with E-state index in [0.29, 0.717) is 17.4 Å². The van der Waals surface area contributed by atoms with Gasteiger partial charge in [0.05, 0.1) is 13.2 Å². The van der Waals surface area contributed by atoms with Gasteiger partial charge in [-0.05, 0) is 24.1 Å². The van der Waals surface area contributed by atoms with E-state index in [1.807, 2.05) is 6.92 Å². The van der Waals surface area contributed by atoms with E-state index < -0.39 is 11.5 Å². The summed E-state index contributed by atoms with van der Waals surface area (Å²) in [6.07, 6.45) is 5.00. The fourth-order valence-electron chi connectivity index (χ4n) is 2.88. The Hall–Kier alpha value is -3.13. The summed E-state index contributed by atoms with van der Waals surface area (Å²) in [7, 11) is 1.72. The third-order valence-electron chi connectivity index (χ3n) is 4.53. The molecule has 0 fully saturated rings. The number of nitrogens with zero attached hydrogens (tertiary/aromatic N) is 3. The van der Waals surface area contributed by atoms with Crippen molar-refractivity contribution in [3.63, 3.8) is 0 Å². The molecule has 0 bridgehead atoms. The largest absolute Gasteiger partial charge is 0.486 e. The van der Waals surface area contributed by atoms with Crippen molar-refractivity contribution in [3.05, 3.63) is 63.3 Å². The van der Waals surface area contributed by atoms with E-state index in [-0.39, 0.29) is 30.2 Å². The number of ether oxygens (including phenoxy) is 1. The molecule has 2 heterocycles. The van der Waals surface area contributed by atoms with Crippen LogP contribution in [0.4, 0.5) is 0 Å². The maximum absolute atomic E-state index is 12.8. The molecule has 9 heteroatoms. The van der Waals surface area contributed by atoms with E-state index in [1.54, 1.807) is 48.3 Å². The zero-order valence-electron chi connectivity index (χ0n) is 16.9. The van der Waals surface area contributed by atoms with Gasteiger partial charge < -0.3 is 14.6 Å². The lowest BCUT2D eigenvalue weighted by atomic mass is 10.1. The number of aryl methyl sites for hydroxylation is 1. The first-order valence-electron chi connectivity index (χ1n) is 9.65. The third-order valence-corrected chi connectivity index (χ3v) is 4.78. The summed E-state index contributed by atoms with van der Waals surface area (Å²) in [5.41, 5.74) is 0.204. The Morgan fingerprint density at radius 3 is 2.63 bits per heavy atom. The summed E-state index contributed by atoms with van der Waals surface area (Å²) in [6, 6.07) is 6.92. The molecule has 3 aromatic rings. The molecular formula is C21H23ClN4O4. The number of hydrogen-bond donors (Lipinski definition) is 1. The molecule has 0 saturated carbocycles. The second-order valence-electron chi connectivity index (χ2n) is 6.90. The third kappa shape index (κ3) is 4.88. The molecule has 0 aliphatic heterocycles. The quantitative estimate of drug-likeness (QED) is 0.526. The molecule has 30 heavy (non-hydrogen) atoms. The second-order valence-corrected chi connectivity index (χ2v) is 7.34. The van der Waals surface area contributed by atoms with E-state index in [4.69, 9.17) is 16.3 Å². The van der Waals surface area contributed by atoms with E-state index in [1.165, 1.54) is 4.40 Å². The summed E-state index contributed by atoms with van der Waals surface area (Å²) in [4.78, 5) is 42.1. The van der Waals surface area contributed by atoms with Gasteiger partial charge in [-0.2, -0.15) is 0 Å². The zero-order chi connectivity index (χ0) is 21.7. The molecule has 0 saturated heterocycles. The predicted octanol–water partition coefficient (Wildman–Crippen LogP) is 2.41. The zero-order valence-corrected chi connectivity index (χ0v) is 17.6. The number of amides is 1. The first-order chi connectivity index (χ1) is 14.4. The lowest BCUT2D eigenvalue weighted by molar-refractivity contribution is -0.117. The number of carbonyl (C=O) groups excluding carboxylic acids is 2. The summed E-state index contributed by atoms with van der Waals surface area (Å²) in [5, 5.41) is 3.14. The molecule has 8 nitrogen and oxygen atoms in total. The minimum absolute atomic E-state index is 0.116. The Bertz CT molecular complexity index is 1120. The molecule has 158 valence electrons. The fraction of sp³-hybridized carbons (Fsp3) is 0.333. The van der Waals surface area contributed by atoms with Gasteiger partial charge in [-0.3, -0.25) is 14.4 Å². The molecule has 1 aromatic carbocycles. The monoisotopic (exact) mass is 430 g/mol. The lowest BCUT2D eigenvalue weighted by Gasteiger charge is -2.11. The van der Waals surface area contributed by atoms with Gasteiger partial charge in [-0.15, -0.1) is 0 Å². The molecule has 0 aliphatic rings. The number of fused-ring (bicyclic) bond motifs is 1. The van der Waals surface area contributed by atoms with Crippen LogP contribution in [-0.2, 0) is 18.3 Å². The second kappa shape index (κ2) is 9.58. The fourth-order valence-corrected chi connectivity index (χ4v) is 3.01. The number of benzene rings is 1. The average molecular weight is 431 g/mol. The van der Waals surface area contributed by atoms with Gasteiger partial charge in [0.15, 0.2) is 11.5 Å². The Labute approximate surface area is 178 Å². The first-order valence-corrected chi connectivity index (χ1v) is 10.0. The predicted molar refractivity (Wildman–Crippen MR) is 113 cm³/mol. The number of imidazole rings is 1. The van der Waals surface area contributed by atoms with Crippen LogP contribution >= 0.6 is 11.6 Å². The number of aromatic nitrogens is 3. The minimum Gasteiger partial charge on any atom is -0.486 e. The van der Waals surface area contributed by atoms with Crippen LogP contribution in [0.3, 0.4) is 0 Å². The average Bonchev–Trinajstić information content (AvgIpc) is 3.10. The normalized spacial score (nSPS) is 10.9. The van der Waals surface area contributed by atoms with E-state index in [0.717, 1.165) is 18.4 Å². The standard InChI is InChI=1S/C21H23ClN4O4/c1-3-4-11-30-18-17(24-21-25(2)9-10-26(21)20(18)29)19(28)23-13-16(27)12-14-5-7-15(22)8-6-14/h5-10H,3-4,11-13H2,1-2H3,(H,23,28). The van der Waals surface area contributed by atoms with Crippen LogP contribution in [0, 0.1) is 0 Å². The van der Waals surface area contributed by atoms with Gasteiger partial charge in [-0.25, -0.2) is 9.38 Å². The number of Topliss-reactive ketones (excluding diaryl/α,β-unsaturated/α-hetero) is 1. The highest BCUT2D eigenvalue weighted by atomic mass is 35.5. The molecule has 0 spiro atoms. The van der Waals surface area contributed by atoms with Gasteiger partial charge >= 0.3 is 5.56 Å². The van der Waals surface area contributed by atoms with E-state index >= 15 is 0 Å². The highest BCUT2D eigenvalue weighted by Crippen LogP contribution is 2.14. The topological polar surface area (TPSA) is 94.7 Å². The molecule has 1 amide bonds. The molecule has 2 aromatic heterocycles. The van der Waals surface area contributed by atoms with Crippen molar-refractivity contribution in [2.24, 2.45) is 7.05 Å². The number of halogens is 1. The number of carbonyl (C=O) groups is 2. The van der Waals surface area contributed by atoms with Crippen LogP contribution in [0.15, 0.2) is 41.5 Å². The van der Waals surface area contributed by atoms with Crippen LogP contribution in [0.1, 0.15) is 35.8 Å². The number of nitrogens with one attached hydrogen (secondary N) is 1. The molecule has 1 N–H and O–H groups in total. The molecular weight excluding hydrogens is 408 g/mol. The van der Waals surface area contributed by atoms with Crippen molar-refractivity contribution < 1.29 is 14.3 Å². The molecule has 0 atom stereocenters. The van der Waals surface area contributed by atoms with Crippen LogP contribution in [0.25, 0.3) is 5.78 Å². The Morgan fingerprint density at radius 2 is 1.93 bits per heavy atom. The highest BCUT2D eigenvalue weighted by molar-refractivity contribution is 6.30. The highest BCUT2D eigenvalue weighted by Gasteiger charge is 2.22. The summed E-state index contributed by atoms with van der Waals surface area (Å²) < 4.78 is 8.55. The van der Waals surface area contributed by atoms with Gasteiger partial charge in [-0.1, -0.05) is 37.1 Å². The van der Waals surface area contributed by atoms with Crippen LogP contribution in [-0.4, -0.2) is 38.8 Å². The molecule has 3 rings (SSSR count). The smallest absolute Gasteiger partial charge is 0.302 e. The summed E-state index contributed by atoms with van der Waals surface area (Å²) in [5.74, 6) is -0.627. The Kier molecular flexibility index (Phi) is 6.89. The maximum atomic E-state index is 12.8. The van der Waals surface area contributed by atoms with Gasteiger partial charge in [0.1, 0.15) is 0 Å². The first kappa shape index (κ1) is 21.6. The molecule has 0 radical (unpaired) electrons. The minimum atomic E-state index is -0.633. The van der Waals surface area contributed by atoms with E-state index in [9.17, 15) is 14.4 Å². The van der Waals surface area contributed by atoms with Gasteiger partial charge in [0.2, 0.25) is 11.5 Å². The maximum Gasteiger partial charge on any atom is 0.302 e. The van der Waals surface area contributed by atoms with Crippen LogP contribution in [0.5, 0.6) is 5.75 Å². The van der Waals surface area contributed by atoms with E-state index in [2.05, 4.69) is 10.3 Å². The summed E-state index contributed by atoms with van der Waals surface area (Å²) in [6.45, 7) is 2.10. The SMILES string of the molecule is CCCCOc1c(C(=O)NCC(=O)Cc2ccc(Cl)cc2)nc2n(C)ccn2c1=O. The molecule has 0 aliphatic carbocycles. The summed E-state index contributed by atoms with van der Waals surface area (Å²) >= 11 is 5.85. The number of hydrogen-bond acceptors (Lipinski definition) is 5. The van der Waals surface area contributed by atoms with Crippen LogP contribution in [0.2, 0.25) is 5.02 Å². The van der Waals surface area contributed by atoms with Crippen molar-refractivity contribution in [2.45, 2.75) is 26.2 Å². The van der Waals surface area contributed by atoms with Crippen molar-refractivity contribution >= 4 is 29.1 Å². The molecule has 0 unspecified atom stereocenters. The number of ketones is 1. The Morgan fingerprint density at radius 1 is 1.20 bits per heavy atom. The van der Waals surface area contributed by atoms with Crippen LogP contribution < -0.4 is 15.6 Å². The number of unbranched alkanes of at least 4 members (excludes halogenated alkanes) is 1. The van der Waals surface area contributed by atoms with Gasteiger partial charge in [0.25, 0.3) is 5.91 Å². The Balaban J connectivity index is 1.77. The number of rotatable bonds is 9.